The first-order valence-electron chi connectivity index (χ1n) is 8.52. The number of aromatic nitrogens is 2. The predicted octanol–water partition coefficient (Wildman–Crippen LogP) is 3.37. The summed E-state index contributed by atoms with van der Waals surface area (Å²) in [5, 5.41) is 4.15. The fourth-order valence-electron chi connectivity index (χ4n) is 2.60. The fourth-order valence-corrected chi connectivity index (χ4v) is 2.60. The van der Waals surface area contributed by atoms with Gasteiger partial charge in [-0.2, -0.15) is 5.10 Å². The van der Waals surface area contributed by atoms with Crippen molar-refractivity contribution in [1.82, 2.24) is 9.78 Å². The summed E-state index contributed by atoms with van der Waals surface area (Å²) >= 11 is 0. The first kappa shape index (κ1) is 18.4. The SMILES string of the molecule is COc1ccc(C(=O)C(C)OC(=O)c2ccc(Cn3cccn3)cc2)cc1. The van der Waals surface area contributed by atoms with E-state index in [1.807, 2.05) is 24.4 Å². The van der Waals surface area contributed by atoms with Crippen LogP contribution in [0.5, 0.6) is 5.75 Å². The third-order valence-corrected chi connectivity index (χ3v) is 4.12. The van der Waals surface area contributed by atoms with Crippen molar-refractivity contribution < 1.29 is 19.1 Å². The summed E-state index contributed by atoms with van der Waals surface area (Å²) in [6.07, 6.45) is 2.70. The van der Waals surface area contributed by atoms with Crippen LogP contribution in [0.3, 0.4) is 0 Å². The molecule has 0 amide bonds. The number of nitrogens with zero attached hydrogens (tertiary/aromatic N) is 2. The van der Waals surface area contributed by atoms with Gasteiger partial charge in [-0.25, -0.2) is 4.79 Å². The molecule has 0 saturated carbocycles. The van der Waals surface area contributed by atoms with Crippen molar-refractivity contribution in [3.05, 3.63) is 83.7 Å². The zero-order valence-corrected chi connectivity index (χ0v) is 15.2. The Morgan fingerprint density at radius 2 is 1.70 bits per heavy atom. The molecule has 27 heavy (non-hydrogen) atoms. The van der Waals surface area contributed by atoms with Gasteiger partial charge in [0.2, 0.25) is 5.78 Å². The number of hydrogen-bond donors (Lipinski definition) is 0. The molecule has 0 radical (unpaired) electrons. The number of ether oxygens (including phenoxy) is 2. The minimum Gasteiger partial charge on any atom is -0.497 e. The van der Waals surface area contributed by atoms with Gasteiger partial charge in [0.05, 0.1) is 19.2 Å². The predicted molar refractivity (Wildman–Crippen MR) is 100.0 cm³/mol. The van der Waals surface area contributed by atoms with Crippen LogP contribution in [0.4, 0.5) is 0 Å². The molecule has 2 aromatic carbocycles. The van der Waals surface area contributed by atoms with E-state index in [2.05, 4.69) is 5.10 Å². The van der Waals surface area contributed by atoms with Crippen LogP contribution in [0, 0.1) is 0 Å². The van der Waals surface area contributed by atoms with E-state index in [9.17, 15) is 9.59 Å². The largest absolute Gasteiger partial charge is 0.497 e. The molecule has 6 heteroatoms. The number of rotatable bonds is 7. The van der Waals surface area contributed by atoms with Crippen LogP contribution in [0.15, 0.2) is 67.0 Å². The molecule has 0 aliphatic rings. The van der Waals surface area contributed by atoms with Gasteiger partial charge in [0.15, 0.2) is 6.10 Å². The number of Topliss-reactive ketones (excluding diaryl/α,β-unsaturated/α-hetero) is 1. The van der Waals surface area contributed by atoms with Gasteiger partial charge in [0.25, 0.3) is 0 Å². The first-order chi connectivity index (χ1) is 13.1. The molecule has 6 nitrogen and oxygen atoms in total. The summed E-state index contributed by atoms with van der Waals surface area (Å²) in [5.74, 6) is -0.136. The second-order valence-electron chi connectivity index (χ2n) is 6.04. The van der Waals surface area contributed by atoms with E-state index < -0.39 is 12.1 Å². The molecule has 0 bridgehead atoms. The number of benzene rings is 2. The Morgan fingerprint density at radius 1 is 1.04 bits per heavy atom. The van der Waals surface area contributed by atoms with Gasteiger partial charge in [-0.05, 0) is 55.0 Å². The standard InChI is InChI=1S/C21H20N2O4/c1-15(20(24)17-8-10-19(26-2)11-9-17)27-21(25)18-6-4-16(5-7-18)14-23-13-3-12-22-23/h3-13,15H,14H2,1-2H3. The summed E-state index contributed by atoms with van der Waals surface area (Å²) < 4.78 is 12.2. The van der Waals surface area contributed by atoms with Crippen LogP contribution in [-0.4, -0.2) is 34.7 Å². The molecule has 138 valence electrons. The maximum atomic E-state index is 12.4. The summed E-state index contributed by atoms with van der Waals surface area (Å²) in [4.78, 5) is 24.7. The average Bonchev–Trinajstić information content (AvgIpc) is 3.21. The van der Waals surface area contributed by atoms with Crippen molar-refractivity contribution in [1.29, 1.82) is 0 Å². The second kappa shape index (κ2) is 8.31. The molecule has 0 spiro atoms. The number of ketones is 1. The normalized spacial score (nSPS) is 11.6. The second-order valence-corrected chi connectivity index (χ2v) is 6.04. The van der Waals surface area contributed by atoms with E-state index in [-0.39, 0.29) is 5.78 Å². The zero-order valence-electron chi connectivity index (χ0n) is 15.2. The monoisotopic (exact) mass is 364 g/mol. The summed E-state index contributed by atoms with van der Waals surface area (Å²) in [7, 11) is 1.56. The molecule has 0 aliphatic heterocycles. The lowest BCUT2D eigenvalue weighted by Crippen LogP contribution is -2.24. The highest BCUT2D eigenvalue weighted by atomic mass is 16.5. The topological polar surface area (TPSA) is 70.4 Å². The molecule has 0 fully saturated rings. The van der Waals surface area contributed by atoms with E-state index >= 15 is 0 Å². The molecule has 0 N–H and O–H groups in total. The lowest BCUT2D eigenvalue weighted by molar-refractivity contribution is 0.0319. The van der Waals surface area contributed by atoms with Gasteiger partial charge in [-0.1, -0.05) is 12.1 Å². The van der Waals surface area contributed by atoms with E-state index in [0.29, 0.717) is 23.4 Å². The van der Waals surface area contributed by atoms with Crippen molar-refractivity contribution in [2.45, 2.75) is 19.6 Å². The van der Waals surface area contributed by atoms with Crippen molar-refractivity contribution >= 4 is 11.8 Å². The fraction of sp³-hybridized carbons (Fsp3) is 0.190. The number of hydrogen-bond acceptors (Lipinski definition) is 5. The molecule has 0 aliphatic carbocycles. The molecule has 3 aromatic rings. The molecule has 1 atom stereocenters. The lowest BCUT2D eigenvalue weighted by Gasteiger charge is -2.13. The van der Waals surface area contributed by atoms with Crippen LogP contribution in [0.2, 0.25) is 0 Å². The van der Waals surface area contributed by atoms with Crippen LogP contribution >= 0.6 is 0 Å². The van der Waals surface area contributed by atoms with Gasteiger partial charge >= 0.3 is 5.97 Å². The maximum absolute atomic E-state index is 12.4. The third-order valence-electron chi connectivity index (χ3n) is 4.12. The highest BCUT2D eigenvalue weighted by molar-refractivity contribution is 6.01. The van der Waals surface area contributed by atoms with Crippen LogP contribution in [-0.2, 0) is 11.3 Å². The molecule has 1 unspecified atom stereocenters. The number of carbonyl (C=O) groups is 2. The average molecular weight is 364 g/mol. The lowest BCUT2D eigenvalue weighted by atomic mass is 10.1. The molecular weight excluding hydrogens is 344 g/mol. The van der Waals surface area contributed by atoms with Crippen molar-refractivity contribution in [2.24, 2.45) is 0 Å². The highest BCUT2D eigenvalue weighted by Crippen LogP contribution is 2.15. The van der Waals surface area contributed by atoms with Crippen molar-refractivity contribution in [3.8, 4) is 5.75 Å². The Balaban J connectivity index is 1.60. The summed E-state index contributed by atoms with van der Waals surface area (Å²) in [5.41, 5.74) is 1.87. The van der Waals surface area contributed by atoms with Crippen molar-refractivity contribution in [3.63, 3.8) is 0 Å². The smallest absolute Gasteiger partial charge is 0.338 e. The quantitative estimate of drug-likeness (QED) is 0.475. The van der Waals surface area contributed by atoms with Gasteiger partial charge in [-0.3, -0.25) is 9.48 Å². The number of carbonyl (C=O) groups excluding carboxylic acids is 2. The zero-order chi connectivity index (χ0) is 19.2. The maximum Gasteiger partial charge on any atom is 0.338 e. The molecule has 1 aromatic heterocycles. The Hall–Kier alpha value is -3.41. The highest BCUT2D eigenvalue weighted by Gasteiger charge is 2.20. The van der Waals surface area contributed by atoms with Gasteiger partial charge in [0.1, 0.15) is 5.75 Å². The molecule has 3 rings (SSSR count). The van der Waals surface area contributed by atoms with Crippen LogP contribution in [0.25, 0.3) is 0 Å². The van der Waals surface area contributed by atoms with Gasteiger partial charge in [-0.15, -0.1) is 0 Å². The first-order valence-corrected chi connectivity index (χ1v) is 8.52. The molecule has 0 saturated heterocycles. The van der Waals surface area contributed by atoms with E-state index in [1.165, 1.54) is 0 Å². The van der Waals surface area contributed by atoms with Crippen LogP contribution < -0.4 is 4.74 Å². The van der Waals surface area contributed by atoms with E-state index in [1.54, 1.807) is 61.3 Å². The Labute approximate surface area is 157 Å². The summed E-state index contributed by atoms with van der Waals surface area (Å²) in [6, 6.07) is 15.6. The van der Waals surface area contributed by atoms with E-state index in [0.717, 1.165) is 5.56 Å². The molecular formula is C21H20N2O4. The molecule has 1 heterocycles. The van der Waals surface area contributed by atoms with Gasteiger partial charge in [0, 0.05) is 18.0 Å². The Kier molecular flexibility index (Phi) is 5.66. The third kappa shape index (κ3) is 4.61. The number of methoxy groups -OCH3 is 1. The Bertz CT molecular complexity index is 900. The number of esters is 1. The minimum atomic E-state index is -0.880. The van der Waals surface area contributed by atoms with Crippen LogP contribution in [0.1, 0.15) is 33.2 Å². The van der Waals surface area contributed by atoms with Gasteiger partial charge < -0.3 is 9.47 Å². The van der Waals surface area contributed by atoms with E-state index in [4.69, 9.17) is 9.47 Å². The summed E-state index contributed by atoms with van der Waals surface area (Å²) in [6.45, 7) is 2.19. The minimum absolute atomic E-state index is 0.263. The van der Waals surface area contributed by atoms with Crippen molar-refractivity contribution in [2.75, 3.05) is 7.11 Å². The Morgan fingerprint density at radius 3 is 2.30 bits per heavy atom.